The minimum absolute atomic E-state index is 0.136. The van der Waals surface area contributed by atoms with E-state index in [2.05, 4.69) is 41.9 Å². The third-order valence-electron chi connectivity index (χ3n) is 3.05. The highest BCUT2D eigenvalue weighted by atomic mass is 32.1. The van der Waals surface area contributed by atoms with Gasteiger partial charge in [-0.2, -0.15) is 0 Å². The maximum absolute atomic E-state index is 9.23. The highest BCUT2D eigenvalue weighted by Gasteiger charge is 2.09. The van der Waals surface area contributed by atoms with Crippen LogP contribution in [0, 0.1) is 6.92 Å². The summed E-state index contributed by atoms with van der Waals surface area (Å²) >= 11 is 3.40. The molecule has 0 radical (unpaired) electrons. The van der Waals surface area contributed by atoms with E-state index in [1.54, 1.807) is 22.7 Å². The van der Waals surface area contributed by atoms with Gasteiger partial charge in [0.05, 0.1) is 6.61 Å². The molecule has 0 unspecified atom stereocenters. The van der Waals surface area contributed by atoms with E-state index in [1.807, 2.05) is 0 Å². The molecule has 0 fully saturated rings. The molecule has 0 saturated heterocycles. The molecule has 1 aromatic carbocycles. The van der Waals surface area contributed by atoms with Crippen LogP contribution in [0.1, 0.15) is 10.4 Å². The molecule has 86 valence electrons. The van der Waals surface area contributed by atoms with Gasteiger partial charge in [-0.1, -0.05) is 6.07 Å². The van der Waals surface area contributed by atoms with Crippen LogP contribution in [0.2, 0.25) is 0 Å². The Balaban J connectivity index is 2.16. The quantitative estimate of drug-likeness (QED) is 0.722. The van der Waals surface area contributed by atoms with Crippen molar-refractivity contribution in [1.29, 1.82) is 0 Å². The van der Waals surface area contributed by atoms with E-state index in [9.17, 15) is 5.11 Å². The summed E-state index contributed by atoms with van der Waals surface area (Å²) in [5.74, 6) is 0. The largest absolute Gasteiger partial charge is 0.391 e. The molecule has 0 spiro atoms. The van der Waals surface area contributed by atoms with Gasteiger partial charge in [0.15, 0.2) is 0 Å². The first-order valence-electron chi connectivity index (χ1n) is 5.45. The fourth-order valence-electron chi connectivity index (χ4n) is 2.03. The number of rotatable bonds is 2. The minimum Gasteiger partial charge on any atom is -0.391 e. The molecular weight excluding hydrogens is 248 g/mol. The lowest BCUT2D eigenvalue weighted by atomic mass is 10.0. The predicted molar refractivity (Wildman–Crippen MR) is 75.8 cm³/mol. The highest BCUT2D eigenvalue weighted by molar-refractivity contribution is 7.17. The Bertz CT molecular complexity index is 664. The molecule has 2 heterocycles. The smallest absolute Gasteiger partial charge is 0.0777 e. The van der Waals surface area contributed by atoms with Gasteiger partial charge in [0, 0.05) is 9.58 Å². The van der Waals surface area contributed by atoms with E-state index in [4.69, 9.17) is 0 Å². The molecule has 0 aliphatic rings. The second kappa shape index (κ2) is 4.26. The molecule has 1 N–H and O–H groups in total. The van der Waals surface area contributed by atoms with Crippen molar-refractivity contribution in [2.24, 2.45) is 0 Å². The first kappa shape index (κ1) is 11.0. The van der Waals surface area contributed by atoms with E-state index in [0.29, 0.717) is 0 Å². The van der Waals surface area contributed by atoms with Gasteiger partial charge in [-0.3, -0.25) is 0 Å². The molecule has 2 aromatic heterocycles. The van der Waals surface area contributed by atoms with Gasteiger partial charge in [-0.05, 0) is 58.0 Å². The summed E-state index contributed by atoms with van der Waals surface area (Å²) < 4.78 is 1.32. The van der Waals surface area contributed by atoms with Crippen LogP contribution in [-0.2, 0) is 6.61 Å². The van der Waals surface area contributed by atoms with Gasteiger partial charge in [-0.15, -0.1) is 22.7 Å². The zero-order valence-electron chi connectivity index (χ0n) is 9.43. The summed E-state index contributed by atoms with van der Waals surface area (Å²) in [7, 11) is 0. The van der Waals surface area contributed by atoms with Crippen LogP contribution in [0.25, 0.3) is 21.2 Å². The van der Waals surface area contributed by atoms with Crippen LogP contribution in [-0.4, -0.2) is 5.11 Å². The van der Waals surface area contributed by atoms with Gasteiger partial charge < -0.3 is 5.11 Å². The fraction of sp³-hybridized carbons (Fsp3) is 0.143. The van der Waals surface area contributed by atoms with E-state index < -0.39 is 0 Å². The Labute approximate surface area is 108 Å². The summed E-state index contributed by atoms with van der Waals surface area (Å²) in [6.07, 6.45) is 0. The first-order valence-corrected chi connectivity index (χ1v) is 7.21. The van der Waals surface area contributed by atoms with Gasteiger partial charge >= 0.3 is 0 Å². The lowest BCUT2D eigenvalue weighted by molar-refractivity contribution is 0.285. The molecule has 3 heteroatoms. The van der Waals surface area contributed by atoms with Crippen molar-refractivity contribution >= 4 is 32.8 Å². The Morgan fingerprint density at radius 2 is 2.06 bits per heavy atom. The summed E-state index contributed by atoms with van der Waals surface area (Å²) in [5.41, 5.74) is 3.68. The molecular formula is C14H12OS2. The van der Waals surface area contributed by atoms with E-state index in [0.717, 1.165) is 4.88 Å². The average molecular weight is 260 g/mol. The van der Waals surface area contributed by atoms with Crippen LogP contribution < -0.4 is 0 Å². The number of hydrogen-bond donors (Lipinski definition) is 1. The molecule has 17 heavy (non-hydrogen) atoms. The lowest BCUT2D eigenvalue weighted by Gasteiger charge is -2.02. The molecule has 3 rings (SSSR count). The molecule has 0 saturated carbocycles. The van der Waals surface area contributed by atoms with Gasteiger partial charge in [0.2, 0.25) is 0 Å². The van der Waals surface area contributed by atoms with Crippen LogP contribution in [0.5, 0.6) is 0 Å². The molecule has 0 atom stereocenters. The molecule has 0 amide bonds. The molecule has 1 nitrogen and oxygen atoms in total. The zero-order chi connectivity index (χ0) is 11.8. The van der Waals surface area contributed by atoms with Crippen molar-refractivity contribution in [3.8, 4) is 11.1 Å². The first-order chi connectivity index (χ1) is 8.29. The van der Waals surface area contributed by atoms with E-state index in [-0.39, 0.29) is 6.61 Å². The number of benzene rings is 1. The number of thiophene rings is 2. The van der Waals surface area contributed by atoms with Crippen LogP contribution in [0.15, 0.2) is 35.0 Å². The van der Waals surface area contributed by atoms with E-state index in [1.165, 1.54) is 26.8 Å². The van der Waals surface area contributed by atoms with Crippen molar-refractivity contribution in [3.63, 3.8) is 0 Å². The molecule has 0 bridgehead atoms. The summed E-state index contributed by atoms with van der Waals surface area (Å²) in [5, 5.41) is 14.8. The van der Waals surface area contributed by atoms with Gasteiger partial charge in [0.1, 0.15) is 0 Å². The Morgan fingerprint density at radius 1 is 1.18 bits per heavy atom. The normalized spacial score (nSPS) is 11.2. The van der Waals surface area contributed by atoms with Crippen molar-refractivity contribution in [3.05, 3.63) is 45.5 Å². The number of hydrogen-bond acceptors (Lipinski definition) is 3. The van der Waals surface area contributed by atoms with Gasteiger partial charge in [0.25, 0.3) is 0 Å². The van der Waals surface area contributed by atoms with Crippen LogP contribution in [0.3, 0.4) is 0 Å². The Hall–Kier alpha value is -1.16. The number of aliphatic hydroxyl groups is 1. The topological polar surface area (TPSA) is 20.2 Å². The maximum atomic E-state index is 9.23. The predicted octanol–water partition coefficient (Wildman–Crippen LogP) is 4.43. The lowest BCUT2D eigenvalue weighted by Crippen LogP contribution is -1.83. The summed E-state index contributed by atoms with van der Waals surface area (Å²) in [4.78, 5) is 1.06. The van der Waals surface area contributed by atoms with Crippen molar-refractivity contribution < 1.29 is 5.11 Å². The van der Waals surface area contributed by atoms with Gasteiger partial charge in [-0.25, -0.2) is 0 Å². The standard InChI is InChI=1S/C14H12OS2/c1-9-12(8-17-14(9)7-15)10-2-3-13-11(6-10)4-5-16-13/h2-6,8,15H,7H2,1H3. The van der Waals surface area contributed by atoms with Crippen molar-refractivity contribution in [2.45, 2.75) is 13.5 Å². The molecule has 3 aromatic rings. The Morgan fingerprint density at radius 3 is 2.82 bits per heavy atom. The van der Waals surface area contributed by atoms with Crippen LogP contribution in [0.4, 0.5) is 0 Å². The number of fused-ring (bicyclic) bond motifs is 1. The maximum Gasteiger partial charge on any atom is 0.0777 e. The minimum atomic E-state index is 0.136. The third kappa shape index (κ3) is 1.80. The zero-order valence-corrected chi connectivity index (χ0v) is 11.1. The van der Waals surface area contributed by atoms with Crippen molar-refractivity contribution in [2.75, 3.05) is 0 Å². The second-order valence-electron chi connectivity index (χ2n) is 4.03. The number of aliphatic hydroxyl groups excluding tert-OH is 1. The Kier molecular flexibility index (Phi) is 2.74. The fourth-order valence-corrected chi connectivity index (χ4v) is 3.74. The third-order valence-corrected chi connectivity index (χ3v) is 5.02. The summed E-state index contributed by atoms with van der Waals surface area (Å²) in [6.45, 7) is 2.21. The SMILES string of the molecule is Cc1c(-c2ccc3sccc3c2)csc1CO. The van der Waals surface area contributed by atoms with Crippen molar-refractivity contribution in [1.82, 2.24) is 0 Å². The second-order valence-corrected chi connectivity index (χ2v) is 5.94. The average Bonchev–Trinajstić information content (AvgIpc) is 2.94. The molecule has 0 aliphatic carbocycles. The summed E-state index contributed by atoms with van der Waals surface area (Å²) in [6, 6.07) is 8.71. The van der Waals surface area contributed by atoms with E-state index >= 15 is 0 Å². The molecule has 0 aliphatic heterocycles. The monoisotopic (exact) mass is 260 g/mol. The highest BCUT2D eigenvalue weighted by Crippen LogP contribution is 2.33. The van der Waals surface area contributed by atoms with Crippen LogP contribution >= 0.6 is 22.7 Å².